The number of hydrogen-bond donors (Lipinski definition) is 6. The second-order valence-electron chi connectivity index (χ2n) is 8.61. The molecule has 0 aromatic carbocycles. The van der Waals surface area contributed by atoms with E-state index in [0.29, 0.717) is 23.1 Å². The number of aromatic nitrogens is 3. The van der Waals surface area contributed by atoms with Crippen LogP contribution in [0.25, 0.3) is 5.52 Å². The van der Waals surface area contributed by atoms with Crippen molar-refractivity contribution < 1.29 is 43.3 Å². The van der Waals surface area contributed by atoms with Crippen molar-refractivity contribution in [3.8, 4) is 0 Å². The lowest BCUT2D eigenvalue weighted by Crippen LogP contribution is -2.34. The number of rotatable bonds is 9. The fourth-order valence-corrected chi connectivity index (χ4v) is 7.08. The van der Waals surface area contributed by atoms with Crippen LogP contribution < -0.4 is 5.32 Å². The summed E-state index contributed by atoms with van der Waals surface area (Å²) in [6, 6.07) is 3.89. The summed E-state index contributed by atoms with van der Waals surface area (Å²) in [4.78, 5) is 31.7. The highest BCUT2D eigenvalue weighted by Crippen LogP contribution is 2.55. The molecule has 34 heavy (non-hydrogen) atoms. The summed E-state index contributed by atoms with van der Waals surface area (Å²) in [7, 11) is -9.41. The molecule has 2 aliphatic rings. The maximum absolute atomic E-state index is 11.9. The molecule has 5 atom stereocenters. The van der Waals surface area contributed by atoms with Gasteiger partial charge in [-0.2, -0.15) is 4.98 Å². The largest absolute Gasteiger partial charge is 0.388 e. The summed E-state index contributed by atoms with van der Waals surface area (Å²) >= 11 is 6.13. The van der Waals surface area contributed by atoms with E-state index in [1.807, 2.05) is 6.07 Å². The summed E-state index contributed by atoms with van der Waals surface area (Å²) in [5.74, 6) is -0.760. The molecule has 1 saturated carbocycles. The van der Waals surface area contributed by atoms with E-state index < -0.39 is 52.1 Å². The Kier molecular flexibility index (Phi) is 7.71. The van der Waals surface area contributed by atoms with E-state index in [1.165, 1.54) is 0 Å². The van der Waals surface area contributed by atoms with Gasteiger partial charge in [0.2, 0.25) is 5.28 Å². The fourth-order valence-electron chi connectivity index (χ4n) is 4.35. The summed E-state index contributed by atoms with van der Waals surface area (Å²) in [6.07, 6.45) is -0.362. The molecule has 13 nitrogen and oxygen atoms in total. The molecule has 2 fully saturated rings. The molecular formula is C18H27ClN4O9P2. The Balaban J connectivity index is 1.45. The second kappa shape index (κ2) is 10.1. The molecule has 0 amide bonds. The second-order valence-corrected chi connectivity index (χ2v) is 12.9. The van der Waals surface area contributed by atoms with Gasteiger partial charge in [-0.25, -0.2) is 4.52 Å². The number of halogens is 1. The maximum atomic E-state index is 11.9. The van der Waals surface area contributed by atoms with Crippen LogP contribution in [0, 0.1) is 0 Å². The molecule has 4 rings (SSSR count). The van der Waals surface area contributed by atoms with Crippen LogP contribution in [0.4, 0.5) is 5.82 Å². The highest BCUT2D eigenvalue weighted by Gasteiger charge is 2.44. The molecule has 2 aromatic heterocycles. The third kappa shape index (κ3) is 6.17. The average Bonchev–Trinajstić information content (AvgIpc) is 3.42. The third-order valence-corrected chi connectivity index (χ3v) is 9.55. The van der Waals surface area contributed by atoms with Crippen LogP contribution in [-0.4, -0.2) is 82.5 Å². The van der Waals surface area contributed by atoms with Crippen molar-refractivity contribution in [3.63, 3.8) is 0 Å². The summed E-state index contributed by atoms with van der Waals surface area (Å²) < 4.78 is 34.8. The van der Waals surface area contributed by atoms with E-state index in [4.69, 9.17) is 30.6 Å². The van der Waals surface area contributed by atoms with Crippen molar-refractivity contribution in [3.05, 3.63) is 23.1 Å². The standard InChI is InChI=1S/C18H27ClN4O9P2/c19-18-21-17(20-10-3-1-2-4-10)12-6-5-11(23(12)22-18)7-13-15(24)16(25)14(32-13)8-31-34(29,30)9-33(26,27)28/h5-6,10,13-16,24-25H,1-4,7-9H2,(H,29,30)(H,20,21,22)(H2,26,27,28)/t13-,14-,15+,16-/m1/s1. The Morgan fingerprint density at radius 3 is 2.50 bits per heavy atom. The van der Waals surface area contributed by atoms with Crippen molar-refractivity contribution in [2.24, 2.45) is 0 Å². The molecule has 1 unspecified atom stereocenters. The summed E-state index contributed by atoms with van der Waals surface area (Å²) in [5, 5.41) is 28.4. The number of aliphatic hydroxyl groups is 2. The average molecular weight is 541 g/mol. The number of ether oxygens (including phenoxy) is 1. The highest BCUT2D eigenvalue weighted by atomic mass is 35.5. The minimum absolute atomic E-state index is 0.0356. The Morgan fingerprint density at radius 1 is 1.15 bits per heavy atom. The van der Waals surface area contributed by atoms with Crippen LogP contribution >= 0.6 is 26.8 Å². The molecule has 6 N–H and O–H groups in total. The van der Waals surface area contributed by atoms with E-state index in [-0.39, 0.29) is 11.7 Å². The molecule has 190 valence electrons. The van der Waals surface area contributed by atoms with Gasteiger partial charge in [0.15, 0.2) is 11.7 Å². The van der Waals surface area contributed by atoms with Gasteiger partial charge in [0.1, 0.15) is 23.8 Å². The monoisotopic (exact) mass is 540 g/mol. The SMILES string of the molecule is O=P(O)(O)CP(=O)(O)OC[C@H]1O[C@H](Cc2ccc3c(NC4CCCC4)nc(Cl)nn23)[C@H](O)[C@@H]1O. The van der Waals surface area contributed by atoms with E-state index in [9.17, 15) is 24.2 Å². The molecule has 0 bridgehead atoms. The van der Waals surface area contributed by atoms with Crippen molar-refractivity contribution >= 4 is 38.1 Å². The Hall–Kier alpha value is -1.11. The molecule has 1 saturated heterocycles. The van der Waals surface area contributed by atoms with Crippen molar-refractivity contribution in [2.45, 2.75) is 62.6 Å². The van der Waals surface area contributed by atoms with Crippen LogP contribution in [0.15, 0.2) is 12.1 Å². The number of nitrogens with one attached hydrogen (secondary N) is 1. The number of aliphatic hydroxyl groups excluding tert-OH is 2. The zero-order chi connectivity index (χ0) is 24.7. The number of nitrogens with zero attached hydrogens (tertiary/aromatic N) is 3. The predicted octanol–water partition coefficient (Wildman–Crippen LogP) is 1.11. The van der Waals surface area contributed by atoms with Crippen LogP contribution in [0.1, 0.15) is 31.4 Å². The maximum Gasteiger partial charge on any atom is 0.340 e. The number of anilines is 1. The molecule has 1 aliphatic carbocycles. The Bertz CT molecular complexity index is 1120. The van der Waals surface area contributed by atoms with Gasteiger partial charge in [0.25, 0.3) is 0 Å². The lowest BCUT2D eigenvalue weighted by Gasteiger charge is -2.18. The molecule has 0 radical (unpaired) electrons. The first kappa shape index (κ1) is 26.0. The normalized spacial score (nSPS) is 27.9. The first-order chi connectivity index (χ1) is 15.9. The fraction of sp³-hybridized carbons (Fsp3) is 0.667. The molecule has 16 heteroatoms. The van der Waals surface area contributed by atoms with Gasteiger partial charge >= 0.3 is 15.2 Å². The van der Waals surface area contributed by atoms with Crippen molar-refractivity contribution in [1.29, 1.82) is 0 Å². The number of fused-ring (bicyclic) bond motifs is 1. The zero-order valence-corrected chi connectivity index (χ0v) is 20.5. The molecule has 3 heterocycles. The van der Waals surface area contributed by atoms with Gasteiger partial charge in [-0.1, -0.05) is 12.8 Å². The van der Waals surface area contributed by atoms with Crippen LogP contribution in [0.3, 0.4) is 0 Å². The predicted molar refractivity (Wildman–Crippen MR) is 121 cm³/mol. The molecular weight excluding hydrogens is 514 g/mol. The van der Waals surface area contributed by atoms with Gasteiger partial charge < -0.3 is 39.5 Å². The molecule has 2 aromatic rings. The van der Waals surface area contributed by atoms with Crippen LogP contribution in [-0.2, 0) is 24.8 Å². The van der Waals surface area contributed by atoms with Gasteiger partial charge in [0, 0.05) is 18.2 Å². The van der Waals surface area contributed by atoms with Crippen LogP contribution in [0.5, 0.6) is 0 Å². The van der Waals surface area contributed by atoms with E-state index in [0.717, 1.165) is 25.7 Å². The smallest absolute Gasteiger partial charge is 0.340 e. The van der Waals surface area contributed by atoms with Gasteiger partial charge in [-0.3, -0.25) is 9.13 Å². The lowest BCUT2D eigenvalue weighted by molar-refractivity contribution is -0.0177. The van der Waals surface area contributed by atoms with Crippen LogP contribution in [0.2, 0.25) is 5.28 Å². The first-order valence-electron chi connectivity index (χ1n) is 10.7. The number of hydrogen-bond acceptors (Lipinski definition) is 9. The van der Waals surface area contributed by atoms with Gasteiger partial charge in [-0.05, 0) is 36.6 Å². The topological polar surface area (TPSA) is 196 Å². The zero-order valence-electron chi connectivity index (χ0n) is 18.0. The lowest BCUT2D eigenvalue weighted by atomic mass is 10.0. The van der Waals surface area contributed by atoms with Crippen molar-refractivity contribution in [2.75, 3.05) is 17.8 Å². The minimum atomic E-state index is -4.79. The third-order valence-electron chi connectivity index (χ3n) is 5.93. The van der Waals surface area contributed by atoms with E-state index in [2.05, 4.69) is 15.4 Å². The van der Waals surface area contributed by atoms with Gasteiger partial charge in [0.05, 0.1) is 12.7 Å². The summed E-state index contributed by atoms with van der Waals surface area (Å²) in [6.45, 7) is -0.638. The molecule has 0 spiro atoms. The van der Waals surface area contributed by atoms with E-state index >= 15 is 0 Å². The van der Waals surface area contributed by atoms with Crippen molar-refractivity contribution in [1.82, 2.24) is 14.6 Å². The highest BCUT2D eigenvalue weighted by molar-refractivity contribution is 7.70. The Morgan fingerprint density at radius 2 is 1.82 bits per heavy atom. The quantitative estimate of drug-likeness (QED) is 0.248. The minimum Gasteiger partial charge on any atom is -0.388 e. The first-order valence-corrected chi connectivity index (χ1v) is 14.7. The molecule has 1 aliphatic heterocycles. The Labute approximate surface area is 199 Å². The summed E-state index contributed by atoms with van der Waals surface area (Å²) in [5.41, 5.74) is 1.32. The van der Waals surface area contributed by atoms with Gasteiger partial charge in [-0.15, -0.1) is 5.10 Å². The van der Waals surface area contributed by atoms with E-state index in [1.54, 1.807) is 10.6 Å².